The van der Waals surface area contributed by atoms with Gasteiger partial charge in [-0.1, -0.05) is 6.92 Å². The minimum Gasteiger partial charge on any atom is -0.481 e. The van der Waals surface area contributed by atoms with Crippen LogP contribution in [0.15, 0.2) is 0 Å². The van der Waals surface area contributed by atoms with Crippen LogP contribution < -0.4 is 5.32 Å². The molecular weight excluding hydrogens is 264 g/mol. The normalized spacial score (nSPS) is 12.4. The van der Waals surface area contributed by atoms with Gasteiger partial charge in [-0.2, -0.15) is 5.10 Å². The van der Waals surface area contributed by atoms with Crippen LogP contribution in [0.1, 0.15) is 38.9 Å². The number of carbonyl (C=O) groups is 1. The van der Waals surface area contributed by atoms with Gasteiger partial charge in [0, 0.05) is 19.0 Å². The first-order chi connectivity index (χ1) is 9.23. The van der Waals surface area contributed by atoms with Crippen molar-refractivity contribution >= 4 is 17.5 Å². The lowest BCUT2D eigenvalue weighted by atomic mass is 10.1. The van der Waals surface area contributed by atoms with Gasteiger partial charge in [0.15, 0.2) is 0 Å². The smallest absolute Gasteiger partial charge is 0.333 e. The quantitative estimate of drug-likeness (QED) is 0.586. The molecule has 0 amide bonds. The number of aliphatic carboxylic acids is 1. The van der Waals surface area contributed by atoms with Gasteiger partial charge in [-0.25, -0.2) is 4.68 Å². The number of hydrogen-bond acceptors (Lipinski definition) is 5. The standard InChI is InChI=1S/C12H20N4O4/c1-7(2)15-12(11(16(19)20)9(4)14-15)13-6-8(3)5-10(17)18/h7-8,13H,5-6H2,1-4H3,(H,17,18). The molecular formula is C12H20N4O4. The van der Waals surface area contributed by atoms with Crippen LogP contribution in [0.2, 0.25) is 0 Å². The summed E-state index contributed by atoms with van der Waals surface area (Å²) in [6.07, 6.45) is 0.00952. The van der Waals surface area contributed by atoms with Crippen molar-refractivity contribution in [2.45, 2.75) is 40.2 Å². The maximum atomic E-state index is 11.1. The van der Waals surface area contributed by atoms with Crippen LogP contribution in [-0.4, -0.2) is 32.3 Å². The average Bonchev–Trinajstić information content (AvgIpc) is 2.62. The Morgan fingerprint density at radius 2 is 2.10 bits per heavy atom. The van der Waals surface area contributed by atoms with E-state index in [4.69, 9.17) is 5.11 Å². The number of nitro groups is 1. The van der Waals surface area contributed by atoms with E-state index in [-0.39, 0.29) is 24.1 Å². The number of hydrogen-bond donors (Lipinski definition) is 2. The van der Waals surface area contributed by atoms with Crippen molar-refractivity contribution < 1.29 is 14.8 Å². The van der Waals surface area contributed by atoms with E-state index in [0.29, 0.717) is 18.1 Å². The molecule has 1 aromatic heterocycles. The average molecular weight is 284 g/mol. The van der Waals surface area contributed by atoms with Gasteiger partial charge in [0.2, 0.25) is 5.82 Å². The van der Waals surface area contributed by atoms with E-state index in [1.807, 2.05) is 13.8 Å². The molecule has 0 aliphatic heterocycles. The molecule has 0 aliphatic carbocycles. The van der Waals surface area contributed by atoms with Crippen LogP contribution in [0.4, 0.5) is 11.5 Å². The second-order valence-electron chi connectivity index (χ2n) is 5.16. The number of rotatable bonds is 7. The van der Waals surface area contributed by atoms with Crippen molar-refractivity contribution in [3.8, 4) is 0 Å². The second kappa shape index (κ2) is 6.36. The van der Waals surface area contributed by atoms with E-state index in [2.05, 4.69) is 10.4 Å². The molecule has 1 atom stereocenters. The Balaban J connectivity index is 2.97. The minimum absolute atomic E-state index is 0.00952. The maximum absolute atomic E-state index is 11.1. The van der Waals surface area contributed by atoms with Crippen molar-refractivity contribution in [2.24, 2.45) is 5.92 Å². The zero-order valence-corrected chi connectivity index (χ0v) is 12.1. The summed E-state index contributed by atoms with van der Waals surface area (Å²) in [5.41, 5.74) is 0.290. The molecule has 0 saturated heterocycles. The van der Waals surface area contributed by atoms with Crippen molar-refractivity contribution in [3.05, 3.63) is 15.8 Å². The van der Waals surface area contributed by atoms with Crippen LogP contribution in [0.5, 0.6) is 0 Å². The summed E-state index contributed by atoms with van der Waals surface area (Å²) in [6, 6.07) is -0.0281. The fraction of sp³-hybridized carbons (Fsp3) is 0.667. The SMILES string of the molecule is Cc1nn(C(C)C)c(NCC(C)CC(=O)O)c1[N+](=O)[O-]. The van der Waals surface area contributed by atoms with Gasteiger partial charge < -0.3 is 10.4 Å². The van der Waals surface area contributed by atoms with Gasteiger partial charge in [-0.15, -0.1) is 0 Å². The van der Waals surface area contributed by atoms with Crippen molar-refractivity contribution in [2.75, 3.05) is 11.9 Å². The number of carboxylic acid groups (broad SMARTS) is 1. The zero-order chi connectivity index (χ0) is 15.4. The Morgan fingerprint density at radius 1 is 1.50 bits per heavy atom. The van der Waals surface area contributed by atoms with E-state index < -0.39 is 10.9 Å². The Kier molecular flexibility index (Phi) is 5.06. The van der Waals surface area contributed by atoms with E-state index in [1.165, 1.54) is 0 Å². The Bertz CT molecular complexity index is 510. The van der Waals surface area contributed by atoms with Crippen LogP contribution in [-0.2, 0) is 4.79 Å². The van der Waals surface area contributed by atoms with E-state index in [0.717, 1.165) is 0 Å². The largest absolute Gasteiger partial charge is 0.481 e. The molecule has 8 heteroatoms. The van der Waals surface area contributed by atoms with Crippen LogP contribution in [0.25, 0.3) is 0 Å². The molecule has 1 unspecified atom stereocenters. The number of carboxylic acids is 1. The minimum atomic E-state index is -0.887. The summed E-state index contributed by atoms with van der Waals surface area (Å²) in [5.74, 6) is -0.690. The lowest BCUT2D eigenvalue weighted by Gasteiger charge is -2.14. The van der Waals surface area contributed by atoms with Gasteiger partial charge in [-0.05, 0) is 26.7 Å². The maximum Gasteiger partial charge on any atom is 0.333 e. The van der Waals surface area contributed by atoms with E-state index in [1.54, 1.807) is 18.5 Å². The third-order valence-corrected chi connectivity index (χ3v) is 2.87. The molecule has 112 valence electrons. The molecule has 0 saturated carbocycles. The monoisotopic (exact) mass is 284 g/mol. The molecule has 20 heavy (non-hydrogen) atoms. The molecule has 1 rings (SSSR count). The van der Waals surface area contributed by atoms with Gasteiger partial charge in [0.25, 0.3) is 0 Å². The highest BCUT2D eigenvalue weighted by molar-refractivity contribution is 5.67. The van der Waals surface area contributed by atoms with Gasteiger partial charge in [0.1, 0.15) is 5.69 Å². The highest BCUT2D eigenvalue weighted by Gasteiger charge is 2.26. The Labute approximate surface area is 116 Å². The number of anilines is 1. The highest BCUT2D eigenvalue weighted by Crippen LogP contribution is 2.30. The fourth-order valence-corrected chi connectivity index (χ4v) is 1.94. The molecule has 0 fully saturated rings. The van der Waals surface area contributed by atoms with Crippen LogP contribution >= 0.6 is 0 Å². The number of aromatic nitrogens is 2. The van der Waals surface area contributed by atoms with E-state index >= 15 is 0 Å². The molecule has 0 bridgehead atoms. The molecule has 1 aromatic rings. The van der Waals surface area contributed by atoms with Gasteiger partial charge >= 0.3 is 11.7 Å². The summed E-state index contributed by atoms with van der Waals surface area (Å²) in [4.78, 5) is 21.3. The van der Waals surface area contributed by atoms with Crippen molar-refractivity contribution in [3.63, 3.8) is 0 Å². The molecule has 0 aliphatic rings. The molecule has 0 spiro atoms. The third-order valence-electron chi connectivity index (χ3n) is 2.87. The lowest BCUT2D eigenvalue weighted by molar-refractivity contribution is -0.384. The topological polar surface area (TPSA) is 110 Å². The second-order valence-corrected chi connectivity index (χ2v) is 5.16. The number of nitrogens with one attached hydrogen (secondary N) is 1. The molecule has 1 heterocycles. The molecule has 0 radical (unpaired) electrons. The summed E-state index contributed by atoms with van der Waals surface area (Å²) >= 11 is 0. The van der Waals surface area contributed by atoms with Crippen molar-refractivity contribution in [1.29, 1.82) is 0 Å². The molecule has 0 aromatic carbocycles. The zero-order valence-electron chi connectivity index (χ0n) is 12.1. The Hall–Kier alpha value is -2.12. The predicted octanol–water partition coefficient (Wildman–Crippen LogP) is 2.20. The predicted molar refractivity (Wildman–Crippen MR) is 73.9 cm³/mol. The van der Waals surface area contributed by atoms with Gasteiger partial charge in [-0.3, -0.25) is 14.9 Å². The summed E-state index contributed by atoms with van der Waals surface area (Å²) in [7, 11) is 0. The Morgan fingerprint density at radius 3 is 2.55 bits per heavy atom. The van der Waals surface area contributed by atoms with E-state index in [9.17, 15) is 14.9 Å². The summed E-state index contributed by atoms with van der Waals surface area (Å²) < 4.78 is 1.56. The first-order valence-electron chi connectivity index (χ1n) is 6.43. The first-order valence-corrected chi connectivity index (χ1v) is 6.43. The fourth-order valence-electron chi connectivity index (χ4n) is 1.94. The van der Waals surface area contributed by atoms with Crippen molar-refractivity contribution in [1.82, 2.24) is 9.78 Å². The summed E-state index contributed by atoms with van der Waals surface area (Å²) in [5, 5.41) is 27.0. The van der Waals surface area contributed by atoms with Gasteiger partial charge in [0.05, 0.1) is 4.92 Å². The number of nitrogens with zero attached hydrogens (tertiary/aromatic N) is 3. The van der Waals surface area contributed by atoms with Crippen LogP contribution in [0.3, 0.4) is 0 Å². The molecule has 8 nitrogen and oxygen atoms in total. The lowest BCUT2D eigenvalue weighted by Crippen LogP contribution is -2.18. The highest BCUT2D eigenvalue weighted by atomic mass is 16.6. The molecule has 2 N–H and O–H groups in total. The summed E-state index contributed by atoms with van der Waals surface area (Å²) in [6.45, 7) is 7.45. The van der Waals surface area contributed by atoms with Crippen LogP contribution in [0, 0.1) is 23.0 Å². The number of aryl methyl sites for hydroxylation is 1. The first kappa shape index (κ1) is 15.9. The third kappa shape index (κ3) is 3.69.